The van der Waals surface area contributed by atoms with Crippen LogP contribution in [0, 0.1) is 0 Å². The molecule has 0 spiro atoms. The maximum Gasteiger partial charge on any atom is 0.250 e. The minimum Gasteiger partial charge on any atom is -0.399 e. The summed E-state index contributed by atoms with van der Waals surface area (Å²) in [4.78, 5) is 11.7. The number of carbonyl (C=O) groups excluding carboxylic acids is 1. The van der Waals surface area contributed by atoms with Crippen LogP contribution >= 0.6 is 23.2 Å². The number of hydrogen-bond acceptors (Lipinski definition) is 3. The first-order valence-corrected chi connectivity index (χ1v) is 7.42. The number of amides is 1. The van der Waals surface area contributed by atoms with Crippen LogP contribution in [0.15, 0.2) is 12.1 Å². The van der Waals surface area contributed by atoms with E-state index in [-0.39, 0.29) is 12.5 Å². The van der Waals surface area contributed by atoms with Crippen molar-refractivity contribution in [1.82, 2.24) is 0 Å². The van der Waals surface area contributed by atoms with Gasteiger partial charge in [-0.3, -0.25) is 4.79 Å². The summed E-state index contributed by atoms with van der Waals surface area (Å²) in [6.07, 6.45) is 4.44. The van der Waals surface area contributed by atoms with Crippen molar-refractivity contribution in [1.29, 1.82) is 0 Å². The molecule has 0 radical (unpaired) electrons. The number of rotatable bonds is 8. The highest BCUT2D eigenvalue weighted by Gasteiger charge is 2.11. The first-order valence-electron chi connectivity index (χ1n) is 6.66. The van der Waals surface area contributed by atoms with Crippen molar-refractivity contribution in [2.75, 3.05) is 24.3 Å². The number of anilines is 2. The molecule has 1 amide bonds. The first-order chi connectivity index (χ1) is 9.54. The summed E-state index contributed by atoms with van der Waals surface area (Å²) in [6.45, 7) is 2.72. The molecule has 0 aromatic heterocycles. The van der Waals surface area contributed by atoms with Crippen LogP contribution in [0.4, 0.5) is 11.4 Å². The number of halogens is 2. The second kappa shape index (κ2) is 9.06. The number of benzene rings is 1. The summed E-state index contributed by atoms with van der Waals surface area (Å²) in [7, 11) is 0. The maximum absolute atomic E-state index is 11.7. The lowest BCUT2D eigenvalue weighted by Crippen LogP contribution is -2.19. The Morgan fingerprint density at radius 1 is 1.25 bits per heavy atom. The predicted octanol–water partition coefficient (Wildman–Crippen LogP) is 4.11. The molecular formula is C14H20Cl2N2O2. The zero-order valence-corrected chi connectivity index (χ0v) is 13.1. The lowest BCUT2D eigenvalue weighted by molar-refractivity contribution is -0.120. The molecule has 0 aliphatic heterocycles. The molecule has 0 fully saturated rings. The van der Waals surface area contributed by atoms with Gasteiger partial charge in [-0.25, -0.2) is 0 Å². The third kappa shape index (κ3) is 5.99. The number of nitrogen functional groups attached to an aromatic ring is 1. The molecule has 0 atom stereocenters. The lowest BCUT2D eigenvalue weighted by Gasteiger charge is -2.10. The molecule has 0 bridgehead atoms. The average Bonchev–Trinajstić information content (AvgIpc) is 2.38. The van der Waals surface area contributed by atoms with Crippen molar-refractivity contribution < 1.29 is 9.53 Å². The van der Waals surface area contributed by atoms with E-state index in [1.165, 1.54) is 25.0 Å². The monoisotopic (exact) mass is 318 g/mol. The lowest BCUT2D eigenvalue weighted by atomic mass is 10.2. The largest absolute Gasteiger partial charge is 0.399 e. The highest BCUT2D eigenvalue weighted by molar-refractivity contribution is 6.40. The van der Waals surface area contributed by atoms with E-state index >= 15 is 0 Å². The smallest absolute Gasteiger partial charge is 0.250 e. The predicted molar refractivity (Wildman–Crippen MR) is 84.5 cm³/mol. The Bertz CT molecular complexity index is 430. The van der Waals surface area contributed by atoms with E-state index in [9.17, 15) is 4.79 Å². The fourth-order valence-electron chi connectivity index (χ4n) is 1.68. The molecule has 0 aliphatic rings. The highest BCUT2D eigenvalue weighted by Crippen LogP contribution is 2.32. The standard InChI is InChI=1S/C14H20Cl2N2O2/c1-2-3-4-5-6-20-9-13(19)18-14-11(15)7-10(17)8-12(14)16/h7-8H,2-6,9,17H2,1H3,(H,18,19). The van der Waals surface area contributed by atoms with Gasteiger partial charge >= 0.3 is 0 Å². The van der Waals surface area contributed by atoms with Crippen LogP contribution in [0.5, 0.6) is 0 Å². The molecule has 1 aromatic carbocycles. The Morgan fingerprint density at radius 2 is 1.90 bits per heavy atom. The van der Waals surface area contributed by atoms with Crippen LogP contribution in [0.1, 0.15) is 32.6 Å². The van der Waals surface area contributed by atoms with Gasteiger partial charge in [-0.05, 0) is 18.6 Å². The zero-order chi connectivity index (χ0) is 15.0. The quantitative estimate of drug-likeness (QED) is 0.560. The van der Waals surface area contributed by atoms with Crippen LogP contribution in [0.3, 0.4) is 0 Å². The number of hydrogen-bond donors (Lipinski definition) is 2. The first kappa shape index (κ1) is 17.1. The van der Waals surface area contributed by atoms with Gasteiger partial charge in [0.2, 0.25) is 5.91 Å². The van der Waals surface area contributed by atoms with Gasteiger partial charge in [-0.1, -0.05) is 49.4 Å². The third-order valence-corrected chi connectivity index (χ3v) is 3.30. The summed E-state index contributed by atoms with van der Waals surface area (Å²) >= 11 is 12.0. The molecule has 1 aromatic rings. The van der Waals surface area contributed by atoms with E-state index in [1.807, 2.05) is 0 Å². The van der Waals surface area contributed by atoms with Gasteiger partial charge in [0.15, 0.2) is 0 Å². The van der Waals surface area contributed by atoms with Gasteiger partial charge in [0.25, 0.3) is 0 Å². The number of ether oxygens (including phenoxy) is 1. The van der Waals surface area contributed by atoms with Crippen LogP contribution in [0.25, 0.3) is 0 Å². The van der Waals surface area contributed by atoms with Crippen LogP contribution in [-0.2, 0) is 9.53 Å². The molecule has 4 nitrogen and oxygen atoms in total. The van der Waals surface area contributed by atoms with Crippen molar-refractivity contribution in [3.05, 3.63) is 22.2 Å². The molecule has 0 unspecified atom stereocenters. The van der Waals surface area contributed by atoms with Crippen molar-refractivity contribution in [2.45, 2.75) is 32.6 Å². The van der Waals surface area contributed by atoms with Gasteiger partial charge < -0.3 is 15.8 Å². The van der Waals surface area contributed by atoms with E-state index in [2.05, 4.69) is 12.2 Å². The molecule has 3 N–H and O–H groups in total. The number of carbonyl (C=O) groups is 1. The summed E-state index contributed by atoms with van der Waals surface area (Å²) in [6, 6.07) is 3.07. The highest BCUT2D eigenvalue weighted by atomic mass is 35.5. The van der Waals surface area contributed by atoms with E-state index in [4.69, 9.17) is 33.7 Å². The van der Waals surface area contributed by atoms with Gasteiger partial charge in [-0.2, -0.15) is 0 Å². The molecule has 20 heavy (non-hydrogen) atoms. The van der Waals surface area contributed by atoms with Crippen LogP contribution < -0.4 is 11.1 Å². The Hall–Kier alpha value is -0.970. The average molecular weight is 319 g/mol. The molecule has 0 aliphatic carbocycles. The number of unbranched alkanes of at least 4 members (excludes halogenated alkanes) is 3. The number of nitrogens with two attached hydrogens (primary N) is 1. The van der Waals surface area contributed by atoms with Crippen molar-refractivity contribution >= 4 is 40.5 Å². The molecule has 1 rings (SSSR count). The second-order valence-electron chi connectivity index (χ2n) is 4.52. The summed E-state index contributed by atoms with van der Waals surface area (Å²) in [5, 5.41) is 3.25. The topological polar surface area (TPSA) is 64.3 Å². The molecule has 0 heterocycles. The fraction of sp³-hybridized carbons (Fsp3) is 0.500. The molecular weight excluding hydrogens is 299 g/mol. The fourth-order valence-corrected chi connectivity index (χ4v) is 2.28. The van der Waals surface area contributed by atoms with Gasteiger partial charge in [-0.15, -0.1) is 0 Å². The van der Waals surface area contributed by atoms with E-state index in [0.29, 0.717) is 28.0 Å². The van der Waals surface area contributed by atoms with E-state index in [0.717, 1.165) is 12.8 Å². The van der Waals surface area contributed by atoms with Crippen molar-refractivity contribution in [3.8, 4) is 0 Å². The Morgan fingerprint density at radius 3 is 2.50 bits per heavy atom. The molecule has 0 saturated carbocycles. The van der Waals surface area contributed by atoms with Gasteiger partial charge in [0, 0.05) is 12.3 Å². The van der Waals surface area contributed by atoms with Crippen LogP contribution in [-0.4, -0.2) is 19.1 Å². The molecule has 112 valence electrons. The van der Waals surface area contributed by atoms with Crippen molar-refractivity contribution in [2.24, 2.45) is 0 Å². The molecule has 6 heteroatoms. The molecule has 0 saturated heterocycles. The zero-order valence-electron chi connectivity index (χ0n) is 11.5. The maximum atomic E-state index is 11.7. The van der Waals surface area contributed by atoms with E-state index < -0.39 is 0 Å². The Labute approximate surface area is 129 Å². The minimum absolute atomic E-state index is 0.0108. The SMILES string of the molecule is CCCCCCOCC(=O)Nc1c(Cl)cc(N)cc1Cl. The van der Waals surface area contributed by atoms with Crippen molar-refractivity contribution in [3.63, 3.8) is 0 Å². The normalized spacial score (nSPS) is 10.6. The summed E-state index contributed by atoms with van der Waals surface area (Å²) in [5.74, 6) is -0.283. The minimum atomic E-state index is -0.283. The van der Waals surface area contributed by atoms with Gasteiger partial charge in [0.1, 0.15) is 6.61 Å². The number of nitrogens with one attached hydrogen (secondary N) is 1. The third-order valence-electron chi connectivity index (χ3n) is 2.70. The Kier molecular flexibility index (Phi) is 7.73. The summed E-state index contributed by atoms with van der Waals surface area (Å²) < 4.78 is 5.29. The van der Waals surface area contributed by atoms with Gasteiger partial charge in [0.05, 0.1) is 15.7 Å². The van der Waals surface area contributed by atoms with E-state index in [1.54, 1.807) is 0 Å². The second-order valence-corrected chi connectivity index (χ2v) is 5.34. The summed E-state index contributed by atoms with van der Waals surface area (Å²) in [5.41, 5.74) is 6.40. The van der Waals surface area contributed by atoms with Crippen LogP contribution in [0.2, 0.25) is 10.0 Å². The Balaban J connectivity index is 2.36.